The first-order chi connectivity index (χ1) is 7.08. The van der Waals surface area contributed by atoms with Crippen LogP contribution >= 0.6 is 11.8 Å². The van der Waals surface area contributed by atoms with Gasteiger partial charge < -0.3 is 10.1 Å². The van der Waals surface area contributed by atoms with Gasteiger partial charge >= 0.3 is 6.09 Å². The van der Waals surface area contributed by atoms with Crippen molar-refractivity contribution in [3.05, 3.63) is 0 Å². The summed E-state index contributed by atoms with van der Waals surface area (Å²) in [6, 6.07) is 0. The molecule has 15 heavy (non-hydrogen) atoms. The molecule has 0 unspecified atom stereocenters. The number of hydrogen-bond acceptors (Lipinski definition) is 3. The first-order valence-corrected chi connectivity index (χ1v) is 6.80. The van der Waals surface area contributed by atoms with Gasteiger partial charge in [0.05, 0.1) is 6.10 Å². The standard InChI is InChI=1S/C11H21NO2S/c1-9(2)14-10(13)12-8-11(15-3)6-4-5-7-11/h9H,4-8H2,1-3H3,(H,12,13). The fourth-order valence-electron chi connectivity index (χ4n) is 1.96. The van der Waals surface area contributed by atoms with E-state index in [1.165, 1.54) is 25.7 Å². The van der Waals surface area contributed by atoms with Crippen molar-refractivity contribution in [3.63, 3.8) is 0 Å². The van der Waals surface area contributed by atoms with Crippen LogP contribution in [0.5, 0.6) is 0 Å². The Bertz CT molecular complexity index is 213. The van der Waals surface area contributed by atoms with E-state index in [1.807, 2.05) is 25.6 Å². The molecular formula is C11H21NO2S. The van der Waals surface area contributed by atoms with E-state index in [0.717, 1.165) is 6.54 Å². The smallest absolute Gasteiger partial charge is 0.407 e. The summed E-state index contributed by atoms with van der Waals surface area (Å²) in [5.41, 5.74) is 0. The summed E-state index contributed by atoms with van der Waals surface area (Å²) in [4.78, 5) is 11.3. The monoisotopic (exact) mass is 231 g/mol. The van der Waals surface area contributed by atoms with Crippen LogP contribution in [0.1, 0.15) is 39.5 Å². The van der Waals surface area contributed by atoms with E-state index in [9.17, 15) is 4.79 Å². The molecule has 4 heteroatoms. The molecule has 3 nitrogen and oxygen atoms in total. The summed E-state index contributed by atoms with van der Waals surface area (Å²) in [7, 11) is 0. The highest BCUT2D eigenvalue weighted by atomic mass is 32.2. The zero-order valence-corrected chi connectivity index (χ0v) is 10.7. The number of nitrogens with one attached hydrogen (secondary N) is 1. The predicted molar refractivity (Wildman–Crippen MR) is 64.3 cm³/mol. The molecule has 1 N–H and O–H groups in total. The second kappa shape index (κ2) is 5.64. The molecular weight excluding hydrogens is 210 g/mol. The Kier molecular flexibility index (Phi) is 4.77. The molecule has 0 spiro atoms. The van der Waals surface area contributed by atoms with Crippen LogP contribution in [0.25, 0.3) is 0 Å². The van der Waals surface area contributed by atoms with E-state index in [2.05, 4.69) is 11.6 Å². The highest BCUT2D eigenvalue weighted by molar-refractivity contribution is 8.00. The lowest BCUT2D eigenvalue weighted by Crippen LogP contribution is -2.39. The fraction of sp³-hybridized carbons (Fsp3) is 0.909. The number of thioether (sulfide) groups is 1. The van der Waals surface area contributed by atoms with Crippen molar-refractivity contribution in [1.82, 2.24) is 5.32 Å². The lowest BCUT2D eigenvalue weighted by atomic mass is 10.1. The minimum atomic E-state index is -0.287. The van der Waals surface area contributed by atoms with Crippen LogP contribution in [0.15, 0.2) is 0 Å². The van der Waals surface area contributed by atoms with Gasteiger partial charge in [0.2, 0.25) is 0 Å². The third-order valence-corrected chi connectivity index (χ3v) is 4.26. The number of rotatable bonds is 4. The molecule has 0 radical (unpaired) electrons. The van der Waals surface area contributed by atoms with Gasteiger partial charge in [-0.25, -0.2) is 4.79 Å². The van der Waals surface area contributed by atoms with Crippen molar-refractivity contribution in [3.8, 4) is 0 Å². The Morgan fingerprint density at radius 2 is 2.07 bits per heavy atom. The maximum Gasteiger partial charge on any atom is 0.407 e. The first kappa shape index (κ1) is 12.7. The van der Waals surface area contributed by atoms with Crippen molar-refractivity contribution in [1.29, 1.82) is 0 Å². The SMILES string of the molecule is CSC1(CNC(=O)OC(C)C)CCCC1. The second-order valence-corrected chi connectivity index (χ2v) is 5.68. The van der Waals surface area contributed by atoms with Crippen molar-refractivity contribution in [2.75, 3.05) is 12.8 Å². The third-order valence-electron chi connectivity index (χ3n) is 2.85. The molecule has 0 aromatic carbocycles. The van der Waals surface area contributed by atoms with Crippen LogP contribution in [0.2, 0.25) is 0 Å². The van der Waals surface area contributed by atoms with Gasteiger partial charge in [0, 0.05) is 11.3 Å². The van der Waals surface area contributed by atoms with Crippen LogP contribution in [-0.2, 0) is 4.74 Å². The second-order valence-electron chi connectivity index (χ2n) is 4.40. The number of hydrogen-bond donors (Lipinski definition) is 1. The van der Waals surface area contributed by atoms with Crippen molar-refractivity contribution in [2.45, 2.75) is 50.4 Å². The number of amides is 1. The van der Waals surface area contributed by atoms with Gasteiger partial charge in [0.15, 0.2) is 0 Å². The Morgan fingerprint density at radius 3 is 2.53 bits per heavy atom. The lowest BCUT2D eigenvalue weighted by molar-refractivity contribution is 0.115. The summed E-state index contributed by atoms with van der Waals surface area (Å²) in [5, 5.41) is 2.87. The molecule has 1 saturated carbocycles. The molecule has 0 bridgehead atoms. The molecule has 0 aromatic rings. The van der Waals surface area contributed by atoms with Crippen LogP contribution in [0, 0.1) is 0 Å². The van der Waals surface area contributed by atoms with Crippen LogP contribution in [0.3, 0.4) is 0 Å². The Balaban J connectivity index is 2.31. The largest absolute Gasteiger partial charge is 0.447 e. The van der Waals surface area contributed by atoms with Gasteiger partial charge in [-0.05, 0) is 32.9 Å². The van der Waals surface area contributed by atoms with Crippen LogP contribution < -0.4 is 5.32 Å². The highest BCUT2D eigenvalue weighted by Gasteiger charge is 2.33. The summed E-state index contributed by atoms with van der Waals surface area (Å²) >= 11 is 1.87. The molecule has 0 aromatic heterocycles. The number of alkyl carbamates (subject to hydrolysis) is 1. The zero-order valence-electron chi connectivity index (χ0n) is 9.84. The number of carbonyl (C=O) groups excluding carboxylic acids is 1. The molecule has 1 rings (SSSR count). The van der Waals surface area contributed by atoms with Crippen molar-refractivity contribution in [2.24, 2.45) is 0 Å². The first-order valence-electron chi connectivity index (χ1n) is 5.58. The van der Waals surface area contributed by atoms with E-state index in [-0.39, 0.29) is 16.9 Å². The van der Waals surface area contributed by atoms with E-state index in [0.29, 0.717) is 0 Å². The molecule has 1 aliphatic carbocycles. The van der Waals surface area contributed by atoms with Crippen molar-refractivity contribution < 1.29 is 9.53 Å². The van der Waals surface area contributed by atoms with E-state index >= 15 is 0 Å². The van der Waals surface area contributed by atoms with Gasteiger partial charge in [-0.2, -0.15) is 11.8 Å². The molecule has 1 amide bonds. The maximum atomic E-state index is 11.3. The molecule has 1 fully saturated rings. The van der Waals surface area contributed by atoms with Gasteiger partial charge in [-0.3, -0.25) is 0 Å². The summed E-state index contributed by atoms with van der Waals surface area (Å²) in [5.74, 6) is 0. The molecule has 88 valence electrons. The Morgan fingerprint density at radius 1 is 1.47 bits per heavy atom. The summed E-state index contributed by atoms with van der Waals surface area (Å²) in [6.45, 7) is 4.46. The quantitative estimate of drug-likeness (QED) is 0.808. The van der Waals surface area contributed by atoms with Crippen molar-refractivity contribution >= 4 is 17.9 Å². The maximum absolute atomic E-state index is 11.3. The fourth-order valence-corrected chi connectivity index (χ4v) is 2.87. The Hall–Kier alpha value is -0.380. The third kappa shape index (κ3) is 3.93. The van der Waals surface area contributed by atoms with Crippen LogP contribution in [0.4, 0.5) is 4.79 Å². The average molecular weight is 231 g/mol. The van der Waals surface area contributed by atoms with Gasteiger partial charge in [-0.1, -0.05) is 12.8 Å². The minimum Gasteiger partial charge on any atom is -0.447 e. The van der Waals surface area contributed by atoms with E-state index < -0.39 is 0 Å². The molecule has 0 heterocycles. The van der Waals surface area contributed by atoms with E-state index in [1.54, 1.807) is 0 Å². The predicted octanol–water partition coefficient (Wildman–Crippen LogP) is 2.80. The molecule has 0 saturated heterocycles. The van der Waals surface area contributed by atoms with Gasteiger partial charge in [0.25, 0.3) is 0 Å². The summed E-state index contributed by atoms with van der Waals surface area (Å²) < 4.78 is 5.30. The Labute approximate surface area is 96.3 Å². The van der Waals surface area contributed by atoms with Gasteiger partial charge in [0.1, 0.15) is 0 Å². The van der Waals surface area contributed by atoms with Crippen LogP contribution in [-0.4, -0.2) is 29.7 Å². The van der Waals surface area contributed by atoms with Gasteiger partial charge in [-0.15, -0.1) is 0 Å². The minimum absolute atomic E-state index is 0.0428. The molecule has 1 aliphatic rings. The average Bonchev–Trinajstić information content (AvgIpc) is 2.63. The van der Waals surface area contributed by atoms with E-state index in [4.69, 9.17) is 4.74 Å². The molecule has 0 aliphatic heterocycles. The zero-order chi connectivity index (χ0) is 11.3. The number of carbonyl (C=O) groups is 1. The molecule has 0 atom stereocenters. The topological polar surface area (TPSA) is 38.3 Å². The lowest BCUT2D eigenvalue weighted by Gasteiger charge is -2.26. The number of ether oxygens (including phenoxy) is 1. The highest BCUT2D eigenvalue weighted by Crippen LogP contribution is 2.39. The normalized spacial score (nSPS) is 19.2. The summed E-state index contributed by atoms with van der Waals surface area (Å²) in [6.07, 6.45) is 6.76.